The normalized spacial score (nSPS) is 11.2. The van der Waals surface area contributed by atoms with E-state index in [9.17, 15) is 9.90 Å². The average molecular weight is 224 g/mol. The maximum atomic E-state index is 10.9. The summed E-state index contributed by atoms with van der Waals surface area (Å²) in [5.74, 6) is -0.932. The van der Waals surface area contributed by atoms with Crippen LogP contribution >= 0.6 is 0 Å². The largest absolute Gasteiger partial charge is 0.507 e. The summed E-state index contributed by atoms with van der Waals surface area (Å²) < 4.78 is 5.13. The molecule has 1 rings (SSSR count). The van der Waals surface area contributed by atoms with E-state index in [0.29, 0.717) is 5.75 Å². The fourth-order valence-corrected chi connectivity index (χ4v) is 1.50. The summed E-state index contributed by atoms with van der Waals surface area (Å²) in [5.41, 5.74) is 0.402. The van der Waals surface area contributed by atoms with Gasteiger partial charge in [0.2, 0.25) is 0 Å². The molecule has 1 aromatic rings. The molecule has 0 heterocycles. The summed E-state index contributed by atoms with van der Waals surface area (Å²) in [4.78, 5) is 10.9. The number of carboxylic acids is 1. The summed E-state index contributed by atoms with van der Waals surface area (Å²) in [6, 6.07) is 2.79. The predicted octanol–water partition coefficient (Wildman–Crippen LogP) is 2.40. The average Bonchev–Trinajstić information content (AvgIpc) is 2.14. The van der Waals surface area contributed by atoms with Crippen molar-refractivity contribution < 1.29 is 19.7 Å². The standard InChI is InChI=1S/C12H16O4/c1-12(2,3)8-5-7(11(14)15)9(13)6-10(8)16-4/h5-6,13H,1-4H3,(H,14,15). The highest BCUT2D eigenvalue weighted by Crippen LogP contribution is 2.36. The van der Waals surface area contributed by atoms with Gasteiger partial charge in [-0.2, -0.15) is 0 Å². The van der Waals surface area contributed by atoms with Gasteiger partial charge in [-0.3, -0.25) is 0 Å². The fraction of sp³-hybridized carbons (Fsp3) is 0.417. The van der Waals surface area contributed by atoms with E-state index in [-0.39, 0.29) is 16.7 Å². The van der Waals surface area contributed by atoms with Gasteiger partial charge in [0.05, 0.1) is 7.11 Å². The topological polar surface area (TPSA) is 66.8 Å². The monoisotopic (exact) mass is 224 g/mol. The molecule has 0 aliphatic carbocycles. The third-order valence-corrected chi connectivity index (χ3v) is 2.36. The van der Waals surface area contributed by atoms with Crippen molar-refractivity contribution in [3.63, 3.8) is 0 Å². The third kappa shape index (κ3) is 2.27. The first-order chi connectivity index (χ1) is 7.27. The van der Waals surface area contributed by atoms with Crippen molar-refractivity contribution in [1.82, 2.24) is 0 Å². The van der Waals surface area contributed by atoms with Crippen LogP contribution in [0, 0.1) is 0 Å². The maximum Gasteiger partial charge on any atom is 0.339 e. The molecule has 0 amide bonds. The van der Waals surface area contributed by atoms with Crippen molar-refractivity contribution in [2.45, 2.75) is 26.2 Å². The molecule has 0 spiro atoms. The Balaban J connectivity index is 3.47. The summed E-state index contributed by atoms with van der Waals surface area (Å²) in [5, 5.41) is 18.4. The molecule has 0 aliphatic rings. The Kier molecular flexibility index (Phi) is 3.12. The van der Waals surface area contributed by atoms with Gasteiger partial charge in [-0.1, -0.05) is 20.8 Å². The van der Waals surface area contributed by atoms with Crippen molar-refractivity contribution in [3.05, 3.63) is 23.3 Å². The lowest BCUT2D eigenvalue weighted by Gasteiger charge is -2.22. The summed E-state index contributed by atoms with van der Waals surface area (Å²) in [7, 11) is 1.49. The first kappa shape index (κ1) is 12.4. The fourth-order valence-electron chi connectivity index (χ4n) is 1.50. The quantitative estimate of drug-likeness (QED) is 0.809. The Bertz CT molecular complexity index is 416. The first-order valence-electron chi connectivity index (χ1n) is 4.92. The zero-order valence-corrected chi connectivity index (χ0v) is 9.87. The molecule has 1 aromatic carbocycles. The molecule has 4 heteroatoms. The van der Waals surface area contributed by atoms with Gasteiger partial charge >= 0.3 is 5.97 Å². The smallest absolute Gasteiger partial charge is 0.339 e. The highest BCUT2D eigenvalue weighted by Gasteiger charge is 2.23. The zero-order valence-electron chi connectivity index (χ0n) is 9.87. The van der Waals surface area contributed by atoms with Crippen LogP contribution in [0.2, 0.25) is 0 Å². The van der Waals surface area contributed by atoms with Crippen molar-refractivity contribution >= 4 is 5.97 Å². The SMILES string of the molecule is COc1cc(O)c(C(=O)O)cc1C(C)(C)C. The van der Waals surface area contributed by atoms with Crippen LogP contribution in [-0.4, -0.2) is 23.3 Å². The van der Waals surface area contributed by atoms with Gasteiger partial charge in [-0.25, -0.2) is 4.79 Å². The second-order valence-electron chi connectivity index (χ2n) is 4.62. The molecule has 0 bridgehead atoms. The number of aromatic carboxylic acids is 1. The molecule has 16 heavy (non-hydrogen) atoms. The Labute approximate surface area is 94.5 Å². The minimum Gasteiger partial charge on any atom is -0.507 e. The summed E-state index contributed by atoms with van der Waals surface area (Å²) >= 11 is 0. The minimum atomic E-state index is -1.15. The van der Waals surface area contributed by atoms with E-state index in [4.69, 9.17) is 9.84 Å². The molecule has 4 nitrogen and oxygen atoms in total. The van der Waals surface area contributed by atoms with Crippen LogP contribution in [0.4, 0.5) is 0 Å². The number of aromatic hydroxyl groups is 1. The minimum absolute atomic E-state index is 0.106. The van der Waals surface area contributed by atoms with Crippen LogP contribution < -0.4 is 4.74 Å². The molecule has 0 aromatic heterocycles. The van der Waals surface area contributed by atoms with E-state index in [0.717, 1.165) is 5.56 Å². The van der Waals surface area contributed by atoms with Crippen LogP contribution in [0.3, 0.4) is 0 Å². The lowest BCUT2D eigenvalue weighted by Crippen LogP contribution is -2.14. The highest BCUT2D eigenvalue weighted by molar-refractivity contribution is 5.91. The van der Waals surface area contributed by atoms with E-state index < -0.39 is 5.97 Å². The number of benzene rings is 1. The number of ether oxygens (including phenoxy) is 1. The van der Waals surface area contributed by atoms with E-state index in [1.165, 1.54) is 19.2 Å². The molecule has 0 atom stereocenters. The van der Waals surface area contributed by atoms with Gasteiger partial charge in [0.25, 0.3) is 0 Å². The number of carboxylic acid groups (broad SMARTS) is 1. The second kappa shape index (κ2) is 4.04. The number of hydrogen-bond donors (Lipinski definition) is 2. The molecule has 0 unspecified atom stereocenters. The molecule has 2 N–H and O–H groups in total. The Morgan fingerprint density at radius 3 is 2.25 bits per heavy atom. The first-order valence-corrected chi connectivity index (χ1v) is 4.92. The zero-order chi connectivity index (χ0) is 12.5. The molecule has 0 aliphatic heterocycles. The molecule has 88 valence electrons. The van der Waals surface area contributed by atoms with Crippen LogP contribution in [0.1, 0.15) is 36.7 Å². The van der Waals surface area contributed by atoms with Gasteiger partial charge in [0.15, 0.2) is 0 Å². The molecule has 0 radical (unpaired) electrons. The van der Waals surface area contributed by atoms with E-state index in [1.807, 2.05) is 20.8 Å². The van der Waals surface area contributed by atoms with Crippen molar-refractivity contribution in [1.29, 1.82) is 0 Å². The summed E-state index contributed by atoms with van der Waals surface area (Å²) in [6.07, 6.45) is 0. The Morgan fingerprint density at radius 1 is 1.31 bits per heavy atom. The van der Waals surface area contributed by atoms with Crippen LogP contribution in [0.15, 0.2) is 12.1 Å². The lowest BCUT2D eigenvalue weighted by molar-refractivity contribution is 0.0693. The molecule has 0 saturated carbocycles. The second-order valence-corrected chi connectivity index (χ2v) is 4.62. The number of carbonyl (C=O) groups is 1. The van der Waals surface area contributed by atoms with E-state index in [2.05, 4.69) is 0 Å². The van der Waals surface area contributed by atoms with Crippen LogP contribution in [0.25, 0.3) is 0 Å². The van der Waals surface area contributed by atoms with Crippen molar-refractivity contribution in [2.24, 2.45) is 0 Å². The molecular weight excluding hydrogens is 208 g/mol. The molecule has 0 fully saturated rings. The van der Waals surface area contributed by atoms with Crippen molar-refractivity contribution in [2.75, 3.05) is 7.11 Å². The van der Waals surface area contributed by atoms with E-state index in [1.54, 1.807) is 0 Å². The van der Waals surface area contributed by atoms with Gasteiger partial charge in [-0.15, -0.1) is 0 Å². The lowest BCUT2D eigenvalue weighted by atomic mass is 9.85. The molecule has 0 saturated heterocycles. The molecular formula is C12H16O4. The van der Waals surface area contributed by atoms with Crippen LogP contribution in [-0.2, 0) is 5.41 Å². The van der Waals surface area contributed by atoms with Crippen molar-refractivity contribution in [3.8, 4) is 11.5 Å². The Hall–Kier alpha value is -1.71. The van der Waals surface area contributed by atoms with Gasteiger partial charge in [0, 0.05) is 11.6 Å². The number of rotatable bonds is 2. The number of hydrogen-bond acceptors (Lipinski definition) is 3. The number of methoxy groups -OCH3 is 1. The summed E-state index contributed by atoms with van der Waals surface area (Å²) in [6.45, 7) is 5.86. The van der Waals surface area contributed by atoms with Gasteiger partial charge < -0.3 is 14.9 Å². The Morgan fingerprint density at radius 2 is 1.88 bits per heavy atom. The third-order valence-electron chi connectivity index (χ3n) is 2.36. The highest BCUT2D eigenvalue weighted by atomic mass is 16.5. The van der Waals surface area contributed by atoms with Gasteiger partial charge in [-0.05, 0) is 11.5 Å². The van der Waals surface area contributed by atoms with Gasteiger partial charge in [0.1, 0.15) is 17.1 Å². The van der Waals surface area contributed by atoms with E-state index >= 15 is 0 Å². The maximum absolute atomic E-state index is 10.9. The predicted molar refractivity (Wildman–Crippen MR) is 60.3 cm³/mol. The van der Waals surface area contributed by atoms with Crippen LogP contribution in [0.5, 0.6) is 11.5 Å². The number of phenols is 1.